The van der Waals surface area contributed by atoms with Crippen molar-refractivity contribution in [2.24, 2.45) is 0 Å². The molecular weight excluding hydrogens is 308 g/mol. The number of aliphatic hydroxyl groups is 1. The third kappa shape index (κ3) is 3.55. The molecule has 0 saturated carbocycles. The van der Waals surface area contributed by atoms with Crippen LogP contribution in [0, 0.1) is 0 Å². The van der Waals surface area contributed by atoms with Crippen molar-refractivity contribution < 1.29 is 19.4 Å². The quantitative estimate of drug-likeness (QED) is 0.895. The highest BCUT2D eigenvalue weighted by Gasteiger charge is 2.41. The van der Waals surface area contributed by atoms with Crippen molar-refractivity contribution >= 4 is 5.91 Å². The van der Waals surface area contributed by atoms with E-state index in [4.69, 9.17) is 9.47 Å². The van der Waals surface area contributed by atoms with Gasteiger partial charge in [-0.2, -0.15) is 0 Å². The van der Waals surface area contributed by atoms with Crippen LogP contribution in [0.4, 0.5) is 0 Å². The molecule has 0 aliphatic carbocycles. The highest BCUT2D eigenvalue weighted by molar-refractivity contribution is 5.82. The Morgan fingerprint density at radius 3 is 2.54 bits per heavy atom. The van der Waals surface area contributed by atoms with Crippen molar-refractivity contribution in [1.82, 2.24) is 9.80 Å². The number of hydrogen-bond acceptors (Lipinski definition) is 5. The molecule has 2 aliphatic heterocycles. The second-order valence-corrected chi connectivity index (χ2v) is 6.77. The number of benzene rings is 1. The minimum Gasteiger partial charge on any atom is -0.497 e. The molecule has 24 heavy (non-hydrogen) atoms. The van der Waals surface area contributed by atoms with Crippen LogP contribution in [0.25, 0.3) is 0 Å². The van der Waals surface area contributed by atoms with Crippen molar-refractivity contribution in [2.45, 2.75) is 24.5 Å². The summed E-state index contributed by atoms with van der Waals surface area (Å²) in [6, 6.07) is 6.97. The van der Waals surface area contributed by atoms with Gasteiger partial charge in [0.2, 0.25) is 0 Å². The smallest absolute Gasteiger partial charge is 0.256 e. The number of methoxy groups -OCH3 is 1. The zero-order valence-corrected chi connectivity index (χ0v) is 14.4. The Bertz CT molecular complexity index is 567. The lowest BCUT2D eigenvalue weighted by Gasteiger charge is -2.47. The first-order valence-electron chi connectivity index (χ1n) is 8.46. The van der Waals surface area contributed by atoms with E-state index in [2.05, 4.69) is 11.9 Å². The van der Waals surface area contributed by atoms with E-state index in [0.29, 0.717) is 31.0 Å². The Hall–Kier alpha value is -1.63. The number of carbonyl (C=O) groups excluding carboxylic acids is 1. The number of carbonyl (C=O) groups is 1. The van der Waals surface area contributed by atoms with Gasteiger partial charge in [-0.3, -0.25) is 4.79 Å². The molecule has 3 rings (SSSR count). The molecule has 132 valence electrons. The maximum absolute atomic E-state index is 12.7. The van der Waals surface area contributed by atoms with Crippen LogP contribution in [0.2, 0.25) is 0 Å². The number of aliphatic hydroxyl groups excluding tert-OH is 1. The first-order valence-corrected chi connectivity index (χ1v) is 8.46. The Kier molecular flexibility index (Phi) is 5.08. The van der Waals surface area contributed by atoms with Crippen molar-refractivity contribution in [1.29, 1.82) is 0 Å². The molecule has 2 saturated heterocycles. The molecule has 1 unspecified atom stereocenters. The van der Waals surface area contributed by atoms with E-state index < -0.39 is 6.10 Å². The number of rotatable bonds is 3. The van der Waals surface area contributed by atoms with Crippen molar-refractivity contribution in [3.63, 3.8) is 0 Å². The lowest BCUT2D eigenvalue weighted by Crippen LogP contribution is -2.58. The van der Waals surface area contributed by atoms with Crippen LogP contribution < -0.4 is 4.74 Å². The molecule has 6 nitrogen and oxygen atoms in total. The van der Waals surface area contributed by atoms with Crippen LogP contribution in [0.1, 0.15) is 24.5 Å². The molecule has 2 heterocycles. The summed E-state index contributed by atoms with van der Waals surface area (Å²) in [7, 11) is 3.69. The Labute approximate surface area is 143 Å². The predicted molar refractivity (Wildman–Crippen MR) is 89.9 cm³/mol. The average Bonchev–Trinajstić information content (AvgIpc) is 2.63. The van der Waals surface area contributed by atoms with E-state index in [1.807, 2.05) is 0 Å². The maximum Gasteiger partial charge on any atom is 0.256 e. The zero-order chi connectivity index (χ0) is 17.2. The third-order valence-electron chi connectivity index (χ3n) is 5.12. The molecule has 1 aromatic rings. The minimum atomic E-state index is -1.14. The number of ether oxygens (including phenoxy) is 2. The van der Waals surface area contributed by atoms with Crippen LogP contribution in [-0.4, -0.2) is 73.4 Å². The molecule has 0 radical (unpaired) electrons. The SMILES string of the molecule is COc1ccc(C(O)C(=O)N2CCOC3(CCN(C)CC3)C2)cc1. The van der Waals surface area contributed by atoms with Crippen LogP contribution >= 0.6 is 0 Å². The Morgan fingerprint density at radius 1 is 1.25 bits per heavy atom. The first-order chi connectivity index (χ1) is 11.5. The van der Waals surface area contributed by atoms with E-state index in [1.54, 1.807) is 36.3 Å². The minimum absolute atomic E-state index is 0.248. The van der Waals surface area contributed by atoms with Gasteiger partial charge in [0.05, 0.1) is 19.3 Å². The van der Waals surface area contributed by atoms with Crippen molar-refractivity contribution in [3.05, 3.63) is 29.8 Å². The molecule has 2 fully saturated rings. The molecule has 6 heteroatoms. The van der Waals surface area contributed by atoms with Gasteiger partial charge in [-0.25, -0.2) is 0 Å². The third-order valence-corrected chi connectivity index (χ3v) is 5.12. The van der Waals surface area contributed by atoms with E-state index in [1.165, 1.54) is 0 Å². The van der Waals surface area contributed by atoms with E-state index in [0.717, 1.165) is 25.9 Å². The Balaban J connectivity index is 1.67. The summed E-state index contributed by atoms with van der Waals surface area (Å²) in [4.78, 5) is 16.8. The predicted octanol–water partition coefficient (Wildman–Crippen LogP) is 1.05. The second kappa shape index (κ2) is 7.09. The zero-order valence-electron chi connectivity index (χ0n) is 14.4. The average molecular weight is 334 g/mol. The fourth-order valence-corrected chi connectivity index (χ4v) is 3.46. The van der Waals surface area contributed by atoms with Gasteiger partial charge in [0.15, 0.2) is 6.10 Å². The topological polar surface area (TPSA) is 62.2 Å². The fourth-order valence-electron chi connectivity index (χ4n) is 3.46. The number of piperidine rings is 1. The number of likely N-dealkylation sites (tertiary alicyclic amines) is 1. The summed E-state index contributed by atoms with van der Waals surface area (Å²) in [6.45, 7) is 3.58. The number of nitrogens with zero attached hydrogens (tertiary/aromatic N) is 2. The maximum atomic E-state index is 12.7. The second-order valence-electron chi connectivity index (χ2n) is 6.77. The van der Waals surface area contributed by atoms with Gasteiger partial charge in [-0.05, 0) is 37.6 Å². The standard InChI is InChI=1S/C18H26N2O4/c1-19-9-7-18(8-10-19)13-20(11-12-24-18)17(22)16(21)14-3-5-15(23-2)6-4-14/h3-6,16,21H,7-13H2,1-2H3. The van der Waals surface area contributed by atoms with Crippen LogP contribution in [0.3, 0.4) is 0 Å². The number of morpholine rings is 1. The number of amides is 1. The summed E-state index contributed by atoms with van der Waals surface area (Å²) in [6.07, 6.45) is 0.704. The number of hydrogen-bond donors (Lipinski definition) is 1. The molecule has 1 N–H and O–H groups in total. The summed E-state index contributed by atoms with van der Waals surface area (Å²) in [5, 5.41) is 10.5. The molecular formula is C18H26N2O4. The molecule has 2 aliphatic rings. The molecule has 1 aromatic carbocycles. The van der Waals surface area contributed by atoms with Crippen LogP contribution in [-0.2, 0) is 9.53 Å². The molecule has 1 spiro atoms. The summed E-state index contributed by atoms with van der Waals surface area (Å²) < 4.78 is 11.1. The molecule has 0 bridgehead atoms. The highest BCUT2D eigenvalue weighted by Crippen LogP contribution is 2.31. The largest absolute Gasteiger partial charge is 0.497 e. The van der Waals surface area contributed by atoms with E-state index >= 15 is 0 Å². The van der Waals surface area contributed by atoms with Crippen molar-refractivity contribution in [2.75, 3.05) is 46.9 Å². The summed E-state index contributed by atoms with van der Waals surface area (Å²) in [5.41, 5.74) is 0.338. The van der Waals surface area contributed by atoms with Gasteiger partial charge in [0, 0.05) is 26.2 Å². The van der Waals surface area contributed by atoms with Gasteiger partial charge in [0.25, 0.3) is 5.91 Å². The van der Waals surface area contributed by atoms with Gasteiger partial charge in [-0.15, -0.1) is 0 Å². The normalized spacial score (nSPS) is 22.4. The Morgan fingerprint density at radius 2 is 1.92 bits per heavy atom. The van der Waals surface area contributed by atoms with E-state index in [9.17, 15) is 9.90 Å². The van der Waals surface area contributed by atoms with Crippen LogP contribution in [0.5, 0.6) is 5.75 Å². The lowest BCUT2D eigenvalue weighted by molar-refractivity contribution is -0.165. The molecule has 1 amide bonds. The van der Waals surface area contributed by atoms with Gasteiger partial charge >= 0.3 is 0 Å². The van der Waals surface area contributed by atoms with Crippen molar-refractivity contribution in [3.8, 4) is 5.75 Å². The fraction of sp³-hybridized carbons (Fsp3) is 0.611. The monoisotopic (exact) mass is 334 g/mol. The summed E-state index contributed by atoms with van der Waals surface area (Å²) in [5.74, 6) is 0.455. The van der Waals surface area contributed by atoms with E-state index in [-0.39, 0.29) is 11.5 Å². The highest BCUT2D eigenvalue weighted by atomic mass is 16.5. The van der Waals surface area contributed by atoms with Gasteiger partial charge < -0.3 is 24.4 Å². The van der Waals surface area contributed by atoms with Crippen LogP contribution in [0.15, 0.2) is 24.3 Å². The lowest BCUT2D eigenvalue weighted by atomic mass is 9.89. The molecule has 1 atom stereocenters. The summed E-state index contributed by atoms with van der Waals surface area (Å²) >= 11 is 0. The van der Waals surface area contributed by atoms with Gasteiger partial charge in [0.1, 0.15) is 5.75 Å². The molecule has 0 aromatic heterocycles. The first kappa shape index (κ1) is 17.2. The van der Waals surface area contributed by atoms with Gasteiger partial charge in [-0.1, -0.05) is 12.1 Å².